The van der Waals surface area contributed by atoms with Crippen LogP contribution in [0.2, 0.25) is 0 Å². The lowest BCUT2D eigenvalue weighted by Crippen LogP contribution is -2.36. The second-order valence-electron chi connectivity index (χ2n) is 4.27. The van der Waals surface area contributed by atoms with Crippen LogP contribution >= 0.6 is 12.2 Å². The topological polar surface area (TPSA) is 42.2 Å². The van der Waals surface area contributed by atoms with E-state index in [4.69, 9.17) is 18.0 Å². The molecule has 2 N–H and O–H groups in total. The van der Waals surface area contributed by atoms with E-state index in [1.165, 1.54) is 0 Å². The predicted octanol–water partition coefficient (Wildman–Crippen LogP) is 2.72. The number of aromatic nitrogens is 1. The summed E-state index contributed by atoms with van der Waals surface area (Å²) in [6.07, 6.45) is -4.30. The zero-order valence-electron chi connectivity index (χ0n) is 11.0. The minimum atomic E-state index is -4.30. The highest BCUT2D eigenvalue weighted by molar-refractivity contribution is 7.80. The minimum Gasteiger partial charge on any atom is -0.389 e. The maximum atomic E-state index is 12.6. The summed E-state index contributed by atoms with van der Waals surface area (Å²) in [6.45, 7) is 4.21. The van der Waals surface area contributed by atoms with Crippen molar-refractivity contribution in [2.24, 2.45) is 5.73 Å². The summed E-state index contributed by atoms with van der Waals surface area (Å²) in [5, 5.41) is 0. The van der Waals surface area contributed by atoms with Crippen molar-refractivity contribution < 1.29 is 13.2 Å². The summed E-state index contributed by atoms with van der Waals surface area (Å²) in [5.74, 6) is 0.199. The quantitative estimate of drug-likeness (QED) is 0.866. The molecule has 0 aliphatic carbocycles. The average molecular weight is 291 g/mol. The molecule has 0 atom stereocenters. The number of nitrogens with two attached hydrogens (primary N) is 1. The van der Waals surface area contributed by atoms with Crippen LogP contribution in [0.25, 0.3) is 0 Å². The van der Waals surface area contributed by atoms with E-state index in [-0.39, 0.29) is 17.4 Å². The van der Waals surface area contributed by atoms with Crippen molar-refractivity contribution in [2.75, 3.05) is 18.0 Å². The number of halogens is 3. The number of pyridine rings is 1. The van der Waals surface area contributed by atoms with Crippen LogP contribution in [0.5, 0.6) is 0 Å². The largest absolute Gasteiger partial charge is 0.405 e. The van der Waals surface area contributed by atoms with Crippen LogP contribution in [0.1, 0.15) is 23.7 Å². The number of alkyl halides is 3. The van der Waals surface area contributed by atoms with E-state index in [1.807, 2.05) is 0 Å². The highest BCUT2D eigenvalue weighted by Gasteiger charge is 2.32. The number of rotatable bonds is 4. The Balaban J connectivity index is 3.33. The van der Waals surface area contributed by atoms with Crippen LogP contribution < -0.4 is 10.6 Å². The van der Waals surface area contributed by atoms with E-state index in [0.717, 1.165) is 10.5 Å². The van der Waals surface area contributed by atoms with E-state index >= 15 is 0 Å². The lowest BCUT2D eigenvalue weighted by molar-refractivity contribution is -0.119. The number of hydrogen-bond donors (Lipinski definition) is 1. The molecule has 0 saturated carbocycles. The molecule has 0 bridgehead atoms. The summed E-state index contributed by atoms with van der Waals surface area (Å²) in [4.78, 5) is 5.36. The molecule has 7 heteroatoms. The van der Waals surface area contributed by atoms with Crippen molar-refractivity contribution in [2.45, 2.75) is 26.9 Å². The number of hydrogen-bond acceptors (Lipinski definition) is 3. The SMILES string of the molecule is CCN(CC(F)(F)F)c1nc(C)cc(C)c1C(N)=S. The summed E-state index contributed by atoms with van der Waals surface area (Å²) < 4.78 is 37.7. The molecule has 0 radical (unpaired) electrons. The Kier molecular flexibility index (Phi) is 4.73. The molecule has 106 valence electrons. The first-order chi connectivity index (χ1) is 8.65. The van der Waals surface area contributed by atoms with Crippen LogP contribution in [0.3, 0.4) is 0 Å². The first kappa shape index (κ1) is 15.7. The Labute approximate surface area is 115 Å². The number of nitrogens with zero attached hydrogens (tertiary/aromatic N) is 2. The Hall–Kier alpha value is -1.37. The molecule has 0 unspecified atom stereocenters. The Morgan fingerprint density at radius 1 is 1.42 bits per heavy atom. The smallest absolute Gasteiger partial charge is 0.389 e. The standard InChI is InChI=1S/C12H16F3N3S/c1-4-18(6-12(13,14)15)11-9(10(16)19)7(2)5-8(3)17-11/h5H,4,6H2,1-3H3,(H2,16,19). The second kappa shape index (κ2) is 5.73. The van der Waals surface area contributed by atoms with Crippen molar-refractivity contribution >= 4 is 23.0 Å². The summed E-state index contributed by atoms with van der Waals surface area (Å²) in [6, 6.07) is 1.75. The third-order valence-electron chi connectivity index (χ3n) is 2.62. The van der Waals surface area contributed by atoms with Crippen LogP contribution in [-0.4, -0.2) is 29.2 Å². The molecule has 3 nitrogen and oxygen atoms in total. The molecular formula is C12H16F3N3S. The maximum absolute atomic E-state index is 12.6. The fourth-order valence-electron chi connectivity index (χ4n) is 1.90. The second-order valence-corrected chi connectivity index (χ2v) is 4.71. The van der Waals surface area contributed by atoms with Gasteiger partial charge < -0.3 is 10.6 Å². The molecular weight excluding hydrogens is 275 g/mol. The van der Waals surface area contributed by atoms with Crippen molar-refractivity contribution in [3.63, 3.8) is 0 Å². The fourth-order valence-corrected chi connectivity index (χ4v) is 2.16. The Bertz CT molecular complexity index is 486. The number of thiocarbonyl (C=S) groups is 1. The van der Waals surface area contributed by atoms with E-state index in [9.17, 15) is 13.2 Å². The number of aryl methyl sites for hydroxylation is 2. The van der Waals surface area contributed by atoms with E-state index in [0.29, 0.717) is 11.3 Å². The van der Waals surface area contributed by atoms with Gasteiger partial charge in [0.2, 0.25) is 0 Å². The molecule has 0 fully saturated rings. The average Bonchev–Trinajstić information content (AvgIpc) is 2.22. The van der Waals surface area contributed by atoms with Crippen LogP contribution in [0, 0.1) is 13.8 Å². The molecule has 0 aliphatic rings. The molecule has 0 aliphatic heterocycles. The summed E-state index contributed by atoms with van der Waals surface area (Å²) in [5.41, 5.74) is 7.38. The highest BCUT2D eigenvalue weighted by atomic mass is 32.1. The van der Waals surface area contributed by atoms with E-state index < -0.39 is 12.7 Å². The third kappa shape index (κ3) is 4.05. The molecule has 1 aromatic rings. The molecule has 0 aromatic carbocycles. The summed E-state index contributed by atoms with van der Waals surface area (Å²) in [7, 11) is 0. The zero-order valence-corrected chi connectivity index (χ0v) is 11.8. The first-order valence-corrected chi connectivity index (χ1v) is 6.16. The Morgan fingerprint density at radius 3 is 2.42 bits per heavy atom. The normalized spacial score (nSPS) is 11.5. The van der Waals surface area contributed by atoms with Gasteiger partial charge in [-0.2, -0.15) is 13.2 Å². The Morgan fingerprint density at radius 2 is 2.00 bits per heavy atom. The van der Waals surface area contributed by atoms with Gasteiger partial charge in [-0.3, -0.25) is 0 Å². The first-order valence-electron chi connectivity index (χ1n) is 5.75. The van der Waals surface area contributed by atoms with Gasteiger partial charge in [0.05, 0.1) is 5.56 Å². The predicted molar refractivity (Wildman–Crippen MR) is 73.5 cm³/mol. The molecule has 1 heterocycles. The van der Waals surface area contributed by atoms with Gasteiger partial charge in [-0.25, -0.2) is 4.98 Å². The summed E-state index contributed by atoms with van der Waals surface area (Å²) >= 11 is 4.92. The molecule has 1 rings (SSSR count). The molecule has 0 amide bonds. The van der Waals surface area contributed by atoms with Gasteiger partial charge in [-0.1, -0.05) is 12.2 Å². The van der Waals surface area contributed by atoms with Gasteiger partial charge in [-0.15, -0.1) is 0 Å². The number of anilines is 1. The monoisotopic (exact) mass is 291 g/mol. The fraction of sp³-hybridized carbons (Fsp3) is 0.500. The van der Waals surface area contributed by atoms with Gasteiger partial charge in [0.15, 0.2) is 0 Å². The molecule has 1 aromatic heterocycles. The third-order valence-corrected chi connectivity index (χ3v) is 2.83. The van der Waals surface area contributed by atoms with E-state index in [2.05, 4.69) is 4.98 Å². The lowest BCUT2D eigenvalue weighted by atomic mass is 10.1. The van der Waals surface area contributed by atoms with Crippen molar-refractivity contribution in [1.82, 2.24) is 4.98 Å². The van der Waals surface area contributed by atoms with Crippen LogP contribution in [0.4, 0.5) is 19.0 Å². The highest BCUT2D eigenvalue weighted by Crippen LogP contribution is 2.26. The van der Waals surface area contributed by atoms with E-state index in [1.54, 1.807) is 26.8 Å². The molecule has 0 saturated heterocycles. The molecule has 0 spiro atoms. The van der Waals surface area contributed by atoms with Gasteiger partial charge in [0.1, 0.15) is 17.4 Å². The van der Waals surface area contributed by atoms with Gasteiger partial charge in [-0.05, 0) is 32.4 Å². The zero-order chi connectivity index (χ0) is 14.8. The minimum absolute atomic E-state index is 0.0561. The van der Waals surface area contributed by atoms with Crippen molar-refractivity contribution in [3.8, 4) is 0 Å². The van der Waals surface area contributed by atoms with Crippen molar-refractivity contribution in [1.29, 1.82) is 0 Å². The van der Waals surface area contributed by atoms with Gasteiger partial charge >= 0.3 is 6.18 Å². The van der Waals surface area contributed by atoms with Crippen LogP contribution in [-0.2, 0) is 0 Å². The van der Waals surface area contributed by atoms with Gasteiger partial charge in [0, 0.05) is 12.2 Å². The molecule has 19 heavy (non-hydrogen) atoms. The lowest BCUT2D eigenvalue weighted by Gasteiger charge is -2.26. The van der Waals surface area contributed by atoms with Gasteiger partial charge in [0.25, 0.3) is 0 Å². The van der Waals surface area contributed by atoms with Crippen molar-refractivity contribution in [3.05, 3.63) is 22.9 Å². The maximum Gasteiger partial charge on any atom is 0.405 e. The van der Waals surface area contributed by atoms with Crippen LogP contribution in [0.15, 0.2) is 6.07 Å².